The molecular weight excluding hydrogens is 536 g/mol. The number of aliphatic hydroxyl groups is 1. The Hall–Kier alpha value is -4.50. The highest BCUT2D eigenvalue weighted by Gasteiger charge is 2.46. The third-order valence-electron chi connectivity index (χ3n) is 7.18. The normalized spacial score (nSPS) is 17.5. The number of carbonyl (C=O) groups excluding carboxylic acids is 2. The molecule has 1 fully saturated rings. The molecule has 5 rings (SSSR count). The molecule has 2 heterocycles. The summed E-state index contributed by atoms with van der Waals surface area (Å²) in [5, 5.41) is 11.5. The summed E-state index contributed by atoms with van der Waals surface area (Å²) < 4.78 is 23.3. The Morgan fingerprint density at radius 1 is 0.952 bits per heavy atom. The number of Topliss-reactive ketones (excluding diaryl/α,β-unsaturated/α-hetero) is 1. The van der Waals surface area contributed by atoms with Crippen LogP contribution in [0.2, 0.25) is 0 Å². The lowest BCUT2D eigenvalue weighted by atomic mass is 9.94. The zero-order valence-corrected chi connectivity index (χ0v) is 24.2. The van der Waals surface area contributed by atoms with Gasteiger partial charge in [-0.25, -0.2) is 0 Å². The minimum absolute atomic E-state index is 0.0157. The van der Waals surface area contributed by atoms with Gasteiger partial charge in [0.1, 0.15) is 25.6 Å². The van der Waals surface area contributed by atoms with E-state index in [1.807, 2.05) is 62.3 Å². The van der Waals surface area contributed by atoms with Gasteiger partial charge in [0.15, 0.2) is 23.0 Å². The lowest BCUT2D eigenvalue weighted by Crippen LogP contribution is -2.32. The van der Waals surface area contributed by atoms with Gasteiger partial charge in [-0.05, 0) is 75.4 Å². The number of benzene rings is 3. The smallest absolute Gasteiger partial charge is 0.295 e. The van der Waals surface area contributed by atoms with Crippen molar-refractivity contribution in [2.75, 3.05) is 47.0 Å². The van der Waals surface area contributed by atoms with Crippen LogP contribution < -0.4 is 18.9 Å². The van der Waals surface area contributed by atoms with Gasteiger partial charge in [-0.2, -0.15) is 0 Å². The quantitative estimate of drug-likeness (QED) is 0.199. The fourth-order valence-electron chi connectivity index (χ4n) is 5.18. The molecule has 0 unspecified atom stereocenters. The van der Waals surface area contributed by atoms with E-state index < -0.39 is 17.7 Å². The van der Waals surface area contributed by atoms with Gasteiger partial charge in [-0.1, -0.05) is 36.4 Å². The second-order valence-electron chi connectivity index (χ2n) is 10.4. The molecule has 1 saturated heterocycles. The first-order chi connectivity index (χ1) is 20.4. The largest absolute Gasteiger partial charge is 0.507 e. The van der Waals surface area contributed by atoms with Crippen LogP contribution in [0.25, 0.3) is 5.76 Å². The number of ether oxygens (including phenoxy) is 4. The average Bonchev–Trinajstić information content (AvgIpc) is 3.25. The summed E-state index contributed by atoms with van der Waals surface area (Å²) in [5.74, 6) is 0.407. The zero-order valence-electron chi connectivity index (χ0n) is 24.2. The first-order valence-corrected chi connectivity index (χ1v) is 14.1. The SMILES string of the molecule is CCOc1cc([C@H]2C(=C(O)c3ccc4c(c3)OCCO4)C(=O)C(=O)N2CCCN(C)C)ccc1OCc1ccccc1. The number of hydrogen-bond acceptors (Lipinski definition) is 8. The van der Waals surface area contributed by atoms with Crippen molar-refractivity contribution in [2.45, 2.75) is 26.0 Å². The molecule has 3 aromatic rings. The number of ketones is 1. The van der Waals surface area contributed by atoms with Crippen LogP contribution in [0.5, 0.6) is 23.0 Å². The average molecular weight is 573 g/mol. The van der Waals surface area contributed by atoms with E-state index in [4.69, 9.17) is 18.9 Å². The number of aliphatic hydroxyl groups excluding tert-OH is 1. The van der Waals surface area contributed by atoms with E-state index >= 15 is 0 Å². The van der Waals surface area contributed by atoms with Crippen LogP contribution in [-0.4, -0.2) is 73.6 Å². The summed E-state index contributed by atoms with van der Waals surface area (Å²) >= 11 is 0. The Morgan fingerprint density at radius 2 is 1.71 bits per heavy atom. The standard InChI is InChI=1S/C33H36N2O7/c1-4-39-27-19-23(11-13-26(27)42-21-22-9-6-5-7-10-22)30-29(32(37)33(38)35(30)16-8-15-34(2)3)31(36)24-12-14-25-28(20-24)41-18-17-40-25/h5-7,9-14,19-20,30,36H,4,8,15-18,21H2,1-3H3/t30-/m0/s1. The summed E-state index contributed by atoms with van der Waals surface area (Å²) in [4.78, 5) is 30.5. The van der Waals surface area contributed by atoms with Crippen LogP contribution in [0.4, 0.5) is 0 Å². The molecule has 0 radical (unpaired) electrons. The van der Waals surface area contributed by atoms with Gasteiger partial charge in [0.2, 0.25) is 0 Å². The number of hydrogen-bond donors (Lipinski definition) is 1. The predicted molar refractivity (Wildman–Crippen MR) is 158 cm³/mol. The minimum Gasteiger partial charge on any atom is -0.507 e. The zero-order chi connectivity index (χ0) is 29.6. The van der Waals surface area contributed by atoms with Gasteiger partial charge in [0.25, 0.3) is 11.7 Å². The van der Waals surface area contributed by atoms with Crippen LogP contribution >= 0.6 is 0 Å². The fourth-order valence-corrected chi connectivity index (χ4v) is 5.18. The van der Waals surface area contributed by atoms with Gasteiger partial charge in [-0.15, -0.1) is 0 Å². The summed E-state index contributed by atoms with van der Waals surface area (Å²) in [6.45, 7) is 4.51. The summed E-state index contributed by atoms with van der Waals surface area (Å²) in [7, 11) is 3.91. The molecule has 1 atom stereocenters. The van der Waals surface area contributed by atoms with Crippen LogP contribution in [0, 0.1) is 0 Å². The van der Waals surface area contributed by atoms with Crippen molar-refractivity contribution in [2.24, 2.45) is 0 Å². The molecule has 2 aliphatic heterocycles. The summed E-state index contributed by atoms with van der Waals surface area (Å²) in [5.41, 5.74) is 2.02. The highest BCUT2D eigenvalue weighted by molar-refractivity contribution is 6.46. The van der Waals surface area contributed by atoms with E-state index in [9.17, 15) is 14.7 Å². The molecule has 0 saturated carbocycles. The summed E-state index contributed by atoms with van der Waals surface area (Å²) in [6.07, 6.45) is 0.650. The monoisotopic (exact) mass is 572 g/mol. The van der Waals surface area contributed by atoms with Crippen LogP contribution in [-0.2, 0) is 16.2 Å². The molecule has 1 N–H and O–H groups in total. The van der Waals surface area contributed by atoms with Crippen molar-refractivity contribution in [3.05, 3.63) is 89.0 Å². The summed E-state index contributed by atoms with van der Waals surface area (Å²) in [6, 6.07) is 19.4. The van der Waals surface area contributed by atoms with E-state index in [2.05, 4.69) is 0 Å². The highest BCUT2D eigenvalue weighted by atomic mass is 16.6. The minimum atomic E-state index is -0.817. The number of carbonyl (C=O) groups is 2. The molecule has 42 heavy (non-hydrogen) atoms. The lowest BCUT2D eigenvalue weighted by molar-refractivity contribution is -0.139. The number of rotatable bonds is 11. The second-order valence-corrected chi connectivity index (χ2v) is 10.4. The molecule has 0 spiro atoms. The van der Waals surface area contributed by atoms with E-state index in [0.29, 0.717) is 73.5 Å². The molecular formula is C33H36N2O7. The van der Waals surface area contributed by atoms with Gasteiger partial charge in [0, 0.05) is 12.1 Å². The second kappa shape index (κ2) is 13.0. The first-order valence-electron chi connectivity index (χ1n) is 14.1. The van der Waals surface area contributed by atoms with Crippen molar-refractivity contribution in [3.63, 3.8) is 0 Å². The van der Waals surface area contributed by atoms with E-state index in [0.717, 1.165) is 12.1 Å². The number of amides is 1. The Kier molecular flexibility index (Phi) is 8.97. The van der Waals surface area contributed by atoms with Gasteiger partial charge in [0.05, 0.1) is 18.2 Å². The predicted octanol–water partition coefficient (Wildman–Crippen LogP) is 4.81. The highest BCUT2D eigenvalue weighted by Crippen LogP contribution is 2.43. The first kappa shape index (κ1) is 29.0. The maximum atomic E-state index is 13.5. The number of likely N-dealkylation sites (tertiary alicyclic amines) is 1. The van der Waals surface area contributed by atoms with Gasteiger partial charge >= 0.3 is 0 Å². The third kappa shape index (κ3) is 6.21. The molecule has 0 bridgehead atoms. The molecule has 9 nitrogen and oxygen atoms in total. The Morgan fingerprint density at radius 3 is 2.45 bits per heavy atom. The van der Waals surface area contributed by atoms with E-state index in [1.165, 1.54) is 4.90 Å². The maximum Gasteiger partial charge on any atom is 0.295 e. The van der Waals surface area contributed by atoms with Crippen LogP contribution in [0.15, 0.2) is 72.3 Å². The Bertz CT molecular complexity index is 1470. The van der Waals surface area contributed by atoms with Crippen molar-refractivity contribution in [1.82, 2.24) is 9.80 Å². The van der Waals surface area contributed by atoms with Crippen molar-refractivity contribution in [1.29, 1.82) is 0 Å². The fraction of sp³-hybridized carbons (Fsp3) is 0.333. The molecule has 3 aromatic carbocycles. The van der Waals surface area contributed by atoms with E-state index in [1.54, 1.807) is 30.3 Å². The molecule has 9 heteroatoms. The molecule has 1 amide bonds. The van der Waals surface area contributed by atoms with Crippen molar-refractivity contribution >= 4 is 17.4 Å². The maximum absolute atomic E-state index is 13.5. The topological polar surface area (TPSA) is 97.8 Å². The molecule has 0 aromatic heterocycles. The van der Waals surface area contributed by atoms with Crippen molar-refractivity contribution < 1.29 is 33.6 Å². The van der Waals surface area contributed by atoms with Crippen LogP contribution in [0.3, 0.4) is 0 Å². The third-order valence-corrected chi connectivity index (χ3v) is 7.18. The van der Waals surface area contributed by atoms with E-state index in [-0.39, 0.29) is 11.3 Å². The van der Waals surface area contributed by atoms with Crippen molar-refractivity contribution in [3.8, 4) is 23.0 Å². The Balaban J connectivity index is 1.55. The molecule has 0 aliphatic carbocycles. The number of nitrogens with zero attached hydrogens (tertiary/aromatic N) is 2. The van der Waals surface area contributed by atoms with Crippen LogP contribution in [0.1, 0.15) is 36.1 Å². The Labute approximate surface area is 245 Å². The number of fused-ring (bicyclic) bond motifs is 1. The lowest BCUT2D eigenvalue weighted by Gasteiger charge is -2.27. The van der Waals surface area contributed by atoms with Gasteiger partial charge in [-0.3, -0.25) is 9.59 Å². The van der Waals surface area contributed by atoms with Gasteiger partial charge < -0.3 is 33.9 Å². The molecule has 220 valence electrons. The molecule has 2 aliphatic rings.